The molecule has 5 nitrogen and oxygen atoms in total. The SMILES string of the molecule is CCCC/C=C/CO[C@@H]1CC[C@@]2(C)[C@H](CC[C@@H]3[C@@H]2CC[C@]2(C)[C@@H]([C@H](C)CCC(=O)NCCCNCCCCN)CC[C@@H]32)C1. The topological polar surface area (TPSA) is 76.4 Å². The Kier molecular flexibility index (Phi) is 13.9. The molecule has 248 valence electrons. The van der Waals surface area contributed by atoms with Crippen LogP contribution in [0.25, 0.3) is 0 Å². The summed E-state index contributed by atoms with van der Waals surface area (Å²) in [5, 5.41) is 6.63. The number of nitrogens with one attached hydrogen (secondary N) is 2. The van der Waals surface area contributed by atoms with Crippen LogP contribution in [0.15, 0.2) is 12.2 Å². The Balaban J connectivity index is 1.20. The molecular weight excluding hydrogens is 530 g/mol. The van der Waals surface area contributed by atoms with Crippen LogP contribution in [0.1, 0.15) is 137 Å². The van der Waals surface area contributed by atoms with Crippen molar-refractivity contribution in [2.24, 2.45) is 52.1 Å². The maximum atomic E-state index is 12.6. The first-order chi connectivity index (χ1) is 20.8. The van der Waals surface area contributed by atoms with E-state index in [-0.39, 0.29) is 5.91 Å². The van der Waals surface area contributed by atoms with Crippen LogP contribution in [-0.2, 0) is 9.53 Å². The zero-order chi connectivity index (χ0) is 30.7. The van der Waals surface area contributed by atoms with E-state index in [2.05, 4.69) is 50.5 Å². The Morgan fingerprint density at radius 2 is 1.72 bits per heavy atom. The minimum Gasteiger partial charge on any atom is -0.374 e. The summed E-state index contributed by atoms with van der Waals surface area (Å²) in [5.74, 6) is 5.24. The minimum atomic E-state index is 0.247. The van der Waals surface area contributed by atoms with E-state index >= 15 is 0 Å². The molecule has 4 aliphatic rings. The number of hydrogen-bond donors (Lipinski definition) is 3. The molecule has 0 unspecified atom stereocenters. The van der Waals surface area contributed by atoms with Gasteiger partial charge in [0.25, 0.3) is 0 Å². The van der Waals surface area contributed by atoms with Crippen molar-refractivity contribution >= 4 is 5.91 Å². The third-order valence-corrected chi connectivity index (χ3v) is 13.2. The van der Waals surface area contributed by atoms with Gasteiger partial charge < -0.3 is 21.1 Å². The summed E-state index contributed by atoms with van der Waals surface area (Å²) in [6.45, 7) is 14.4. The molecule has 9 atom stereocenters. The molecule has 0 aromatic heterocycles. The zero-order valence-corrected chi connectivity index (χ0v) is 28.6. The highest BCUT2D eigenvalue weighted by Gasteiger charge is 2.60. The normalized spacial score (nSPS) is 36.2. The first kappa shape index (κ1) is 35.0. The van der Waals surface area contributed by atoms with Gasteiger partial charge in [-0.1, -0.05) is 52.7 Å². The van der Waals surface area contributed by atoms with E-state index in [0.29, 0.717) is 29.3 Å². The molecule has 4 fully saturated rings. The lowest BCUT2D eigenvalue weighted by Crippen LogP contribution is -2.54. The average molecular weight is 600 g/mol. The van der Waals surface area contributed by atoms with Crippen LogP contribution < -0.4 is 16.4 Å². The number of fused-ring (bicyclic) bond motifs is 5. The number of amides is 1. The van der Waals surface area contributed by atoms with Crippen LogP contribution in [0.4, 0.5) is 0 Å². The van der Waals surface area contributed by atoms with Crippen LogP contribution in [-0.4, -0.2) is 44.8 Å². The molecule has 4 aliphatic carbocycles. The molecule has 0 aromatic rings. The molecule has 0 bridgehead atoms. The molecule has 4 N–H and O–H groups in total. The van der Waals surface area contributed by atoms with E-state index < -0.39 is 0 Å². The second-order valence-electron chi connectivity index (χ2n) is 15.7. The van der Waals surface area contributed by atoms with E-state index in [1.54, 1.807) is 0 Å². The number of unbranched alkanes of at least 4 members (excludes halogenated alkanes) is 3. The summed E-state index contributed by atoms with van der Waals surface area (Å²) in [7, 11) is 0. The van der Waals surface area contributed by atoms with Gasteiger partial charge in [0.1, 0.15) is 0 Å². The van der Waals surface area contributed by atoms with Crippen molar-refractivity contribution in [3.8, 4) is 0 Å². The summed E-state index contributed by atoms with van der Waals surface area (Å²) >= 11 is 0. The Morgan fingerprint density at radius 1 is 0.930 bits per heavy atom. The molecule has 0 aliphatic heterocycles. The molecule has 43 heavy (non-hydrogen) atoms. The monoisotopic (exact) mass is 600 g/mol. The summed E-state index contributed by atoms with van der Waals surface area (Å²) in [4.78, 5) is 12.6. The molecule has 1 amide bonds. The third kappa shape index (κ3) is 8.88. The maximum Gasteiger partial charge on any atom is 0.220 e. The molecule has 0 heterocycles. The molecule has 0 aromatic carbocycles. The average Bonchev–Trinajstić information content (AvgIpc) is 3.36. The quantitative estimate of drug-likeness (QED) is 0.110. The van der Waals surface area contributed by atoms with Crippen LogP contribution in [0.3, 0.4) is 0 Å². The van der Waals surface area contributed by atoms with Crippen molar-refractivity contribution in [2.75, 3.05) is 32.8 Å². The molecular formula is C38H69N3O2. The lowest BCUT2D eigenvalue weighted by atomic mass is 9.44. The predicted octanol–water partition coefficient (Wildman–Crippen LogP) is 8.03. The number of carbonyl (C=O) groups is 1. The zero-order valence-electron chi connectivity index (χ0n) is 28.6. The fourth-order valence-electron chi connectivity index (χ4n) is 10.7. The van der Waals surface area contributed by atoms with Crippen molar-refractivity contribution in [1.82, 2.24) is 10.6 Å². The Labute approximate surface area is 265 Å². The maximum absolute atomic E-state index is 12.6. The fourth-order valence-corrected chi connectivity index (χ4v) is 10.7. The van der Waals surface area contributed by atoms with Crippen molar-refractivity contribution in [3.05, 3.63) is 12.2 Å². The lowest BCUT2D eigenvalue weighted by Gasteiger charge is -2.61. The smallest absolute Gasteiger partial charge is 0.220 e. The standard InChI is InChI=1S/C38H69N3O2/c1-5-6-7-8-11-27-43-31-19-21-37(3)30(28-31)14-15-32-34-17-16-33(38(34,4)22-20-35(32)37)29(2)13-18-36(42)41-26-12-25-40-24-10-9-23-39/h8,11,29-35,40H,5-7,9-10,12-28,39H2,1-4H3,(H,41,42)/b11-8+/t29-,30-,31-,32+,33-,34+,35+,37+,38-/m1/s1. The van der Waals surface area contributed by atoms with Gasteiger partial charge in [-0.05, 0) is 156 Å². The Morgan fingerprint density at radius 3 is 2.53 bits per heavy atom. The highest BCUT2D eigenvalue weighted by molar-refractivity contribution is 5.75. The number of ether oxygens (including phenoxy) is 1. The predicted molar refractivity (Wildman–Crippen MR) is 181 cm³/mol. The highest BCUT2D eigenvalue weighted by Crippen LogP contribution is 2.68. The van der Waals surface area contributed by atoms with Gasteiger partial charge in [-0.15, -0.1) is 0 Å². The Hall–Kier alpha value is -0.910. The molecule has 0 spiro atoms. The van der Waals surface area contributed by atoms with E-state index in [1.165, 1.54) is 77.0 Å². The Bertz CT molecular complexity index is 862. The van der Waals surface area contributed by atoms with Crippen molar-refractivity contribution < 1.29 is 9.53 Å². The summed E-state index contributed by atoms with van der Waals surface area (Å²) in [6.07, 6.45) is 26.2. The van der Waals surface area contributed by atoms with Crippen molar-refractivity contribution in [3.63, 3.8) is 0 Å². The van der Waals surface area contributed by atoms with Crippen LogP contribution in [0.2, 0.25) is 0 Å². The highest BCUT2D eigenvalue weighted by atomic mass is 16.5. The van der Waals surface area contributed by atoms with Crippen LogP contribution >= 0.6 is 0 Å². The van der Waals surface area contributed by atoms with Gasteiger partial charge >= 0.3 is 0 Å². The van der Waals surface area contributed by atoms with Gasteiger partial charge in [0.05, 0.1) is 12.7 Å². The largest absolute Gasteiger partial charge is 0.374 e. The number of carbonyl (C=O) groups excluding carboxylic acids is 1. The van der Waals surface area contributed by atoms with Crippen molar-refractivity contribution in [1.29, 1.82) is 0 Å². The van der Waals surface area contributed by atoms with Gasteiger partial charge in [0.2, 0.25) is 5.91 Å². The van der Waals surface area contributed by atoms with E-state index in [0.717, 1.165) is 88.1 Å². The number of rotatable bonds is 18. The number of hydrogen-bond acceptors (Lipinski definition) is 4. The molecule has 5 heteroatoms. The summed E-state index contributed by atoms with van der Waals surface area (Å²) in [5.41, 5.74) is 6.54. The van der Waals surface area contributed by atoms with Crippen LogP contribution in [0, 0.1) is 46.3 Å². The van der Waals surface area contributed by atoms with Gasteiger partial charge in [-0.2, -0.15) is 0 Å². The second kappa shape index (κ2) is 17.1. The number of allylic oxidation sites excluding steroid dienone is 1. The molecule has 4 rings (SSSR count). The summed E-state index contributed by atoms with van der Waals surface area (Å²) in [6, 6.07) is 0. The third-order valence-electron chi connectivity index (χ3n) is 13.2. The molecule has 0 saturated heterocycles. The first-order valence-electron chi connectivity index (χ1n) is 18.8. The molecule has 0 radical (unpaired) electrons. The first-order valence-corrected chi connectivity index (χ1v) is 18.8. The van der Waals surface area contributed by atoms with Gasteiger partial charge in [-0.25, -0.2) is 0 Å². The van der Waals surface area contributed by atoms with Gasteiger partial charge in [0.15, 0.2) is 0 Å². The van der Waals surface area contributed by atoms with E-state index in [4.69, 9.17) is 10.5 Å². The lowest BCUT2D eigenvalue weighted by molar-refractivity contribution is -0.135. The van der Waals surface area contributed by atoms with E-state index in [9.17, 15) is 4.79 Å². The van der Waals surface area contributed by atoms with Crippen molar-refractivity contribution in [2.45, 2.75) is 143 Å². The van der Waals surface area contributed by atoms with Crippen LogP contribution in [0.5, 0.6) is 0 Å². The summed E-state index contributed by atoms with van der Waals surface area (Å²) < 4.78 is 6.39. The minimum absolute atomic E-state index is 0.247. The van der Waals surface area contributed by atoms with Gasteiger partial charge in [-0.3, -0.25) is 4.79 Å². The fraction of sp³-hybridized carbons (Fsp3) is 0.921. The second-order valence-corrected chi connectivity index (χ2v) is 15.7. The molecule has 4 saturated carbocycles. The number of nitrogens with two attached hydrogens (primary N) is 1. The van der Waals surface area contributed by atoms with E-state index in [1.807, 2.05) is 0 Å². The van der Waals surface area contributed by atoms with Gasteiger partial charge in [0, 0.05) is 13.0 Å².